The van der Waals surface area contributed by atoms with Gasteiger partial charge in [-0.2, -0.15) is 8.78 Å². The van der Waals surface area contributed by atoms with Gasteiger partial charge in [0.15, 0.2) is 18.1 Å². The normalized spacial score (nSPS) is 10.8. The molecular weight excluding hydrogens is 346 g/mol. The van der Waals surface area contributed by atoms with Crippen molar-refractivity contribution in [1.82, 2.24) is 0 Å². The molecule has 2 aromatic carbocycles. The van der Waals surface area contributed by atoms with Crippen molar-refractivity contribution in [1.29, 1.82) is 0 Å². The number of alkyl halides is 2. The number of carbonyl (C=O) groups is 1. The van der Waals surface area contributed by atoms with Crippen molar-refractivity contribution >= 4 is 17.8 Å². The number of para-hydroxylation sites is 1. The quantitative estimate of drug-likeness (QED) is 0.574. The predicted molar refractivity (Wildman–Crippen MR) is 93.0 cm³/mol. The van der Waals surface area contributed by atoms with E-state index >= 15 is 0 Å². The number of halogens is 2. The van der Waals surface area contributed by atoms with Gasteiger partial charge < -0.3 is 19.6 Å². The minimum Gasteiger partial charge on any atom is -0.493 e. The summed E-state index contributed by atoms with van der Waals surface area (Å²) in [5.41, 5.74) is 2.16. The van der Waals surface area contributed by atoms with Crippen molar-refractivity contribution in [2.75, 3.05) is 19.0 Å². The van der Waals surface area contributed by atoms with E-state index in [9.17, 15) is 13.6 Å². The third-order valence-corrected chi connectivity index (χ3v) is 3.29. The number of nitrogens with one attached hydrogen (secondary N) is 1. The van der Waals surface area contributed by atoms with Gasteiger partial charge in [-0.15, -0.1) is 0 Å². The van der Waals surface area contributed by atoms with Gasteiger partial charge in [0.25, 0.3) is 5.91 Å². The molecule has 6 nitrogen and oxygen atoms in total. The van der Waals surface area contributed by atoms with Crippen LogP contribution in [0.2, 0.25) is 0 Å². The van der Waals surface area contributed by atoms with E-state index in [1.54, 1.807) is 6.07 Å². The monoisotopic (exact) mass is 364 g/mol. The Morgan fingerprint density at radius 1 is 1.23 bits per heavy atom. The number of aryl methyl sites for hydroxylation is 1. The van der Waals surface area contributed by atoms with Crippen LogP contribution in [-0.2, 0) is 9.63 Å². The zero-order valence-corrected chi connectivity index (χ0v) is 14.2. The molecule has 0 heterocycles. The van der Waals surface area contributed by atoms with E-state index in [4.69, 9.17) is 9.57 Å². The van der Waals surface area contributed by atoms with Crippen LogP contribution < -0.4 is 14.8 Å². The molecule has 138 valence electrons. The maximum atomic E-state index is 12.3. The number of methoxy groups -OCH3 is 1. The summed E-state index contributed by atoms with van der Waals surface area (Å²) in [6, 6.07) is 11.6. The van der Waals surface area contributed by atoms with Crippen LogP contribution in [0.5, 0.6) is 11.5 Å². The molecular formula is C18H18F2N2O4. The number of hydrogen-bond donors (Lipinski definition) is 1. The Labute approximate surface area is 149 Å². The summed E-state index contributed by atoms with van der Waals surface area (Å²) in [6.07, 6.45) is 1.33. The number of amides is 1. The first-order valence-electron chi connectivity index (χ1n) is 7.63. The molecule has 0 unspecified atom stereocenters. The molecule has 0 fully saturated rings. The number of hydrogen-bond acceptors (Lipinski definition) is 5. The van der Waals surface area contributed by atoms with E-state index in [1.807, 2.05) is 25.1 Å². The largest absolute Gasteiger partial charge is 0.493 e. The summed E-state index contributed by atoms with van der Waals surface area (Å²) in [5.74, 6) is -0.306. The fraction of sp³-hybridized carbons (Fsp3) is 0.222. The Kier molecular flexibility index (Phi) is 6.90. The van der Waals surface area contributed by atoms with Crippen LogP contribution in [0.3, 0.4) is 0 Å². The Bertz CT molecular complexity index is 782. The molecule has 0 bridgehead atoms. The van der Waals surface area contributed by atoms with E-state index in [1.165, 1.54) is 31.5 Å². The first-order valence-corrected chi connectivity index (χ1v) is 7.63. The second kappa shape index (κ2) is 9.36. The summed E-state index contributed by atoms with van der Waals surface area (Å²) < 4.78 is 33.9. The van der Waals surface area contributed by atoms with E-state index in [0.29, 0.717) is 11.3 Å². The number of rotatable bonds is 8. The Hall–Kier alpha value is -3.16. The van der Waals surface area contributed by atoms with Gasteiger partial charge in [0.1, 0.15) is 0 Å². The third kappa shape index (κ3) is 5.73. The standard InChI is InChI=1S/C18H18F2N2O4/c1-12-5-3-4-6-14(12)22-17(23)11-25-21-10-13-7-8-15(26-18(19)20)16(9-13)24-2/h3-10,18H,11H2,1-2H3,(H,22,23)/b21-10+. The van der Waals surface area contributed by atoms with Crippen LogP contribution >= 0.6 is 0 Å². The summed E-state index contributed by atoms with van der Waals surface area (Å²) in [5, 5.41) is 6.39. The predicted octanol–water partition coefficient (Wildman–Crippen LogP) is 3.59. The van der Waals surface area contributed by atoms with Gasteiger partial charge in [0, 0.05) is 11.3 Å². The number of anilines is 1. The number of ether oxygens (including phenoxy) is 2. The summed E-state index contributed by atoms with van der Waals surface area (Å²) in [4.78, 5) is 16.8. The molecule has 8 heteroatoms. The van der Waals surface area contributed by atoms with Crippen molar-refractivity contribution in [3.05, 3.63) is 53.6 Å². The van der Waals surface area contributed by atoms with Crippen LogP contribution in [0.15, 0.2) is 47.6 Å². The van der Waals surface area contributed by atoms with Gasteiger partial charge in [-0.3, -0.25) is 4.79 Å². The molecule has 1 N–H and O–H groups in total. The average molecular weight is 364 g/mol. The number of carbonyl (C=O) groups excluding carboxylic acids is 1. The molecule has 1 amide bonds. The summed E-state index contributed by atoms with van der Waals surface area (Å²) in [6.45, 7) is -1.34. The highest BCUT2D eigenvalue weighted by Gasteiger charge is 2.10. The number of nitrogens with zero attached hydrogens (tertiary/aromatic N) is 1. The van der Waals surface area contributed by atoms with Crippen LogP contribution in [-0.4, -0.2) is 32.4 Å². The van der Waals surface area contributed by atoms with Crippen LogP contribution in [0.25, 0.3) is 0 Å². The third-order valence-electron chi connectivity index (χ3n) is 3.29. The first kappa shape index (κ1) is 19.2. The number of oxime groups is 1. The molecule has 0 aromatic heterocycles. The zero-order chi connectivity index (χ0) is 18.9. The Morgan fingerprint density at radius 3 is 2.69 bits per heavy atom. The highest BCUT2D eigenvalue weighted by molar-refractivity contribution is 5.92. The van der Waals surface area contributed by atoms with Crippen LogP contribution in [0.1, 0.15) is 11.1 Å². The summed E-state index contributed by atoms with van der Waals surface area (Å²) in [7, 11) is 1.33. The second-order valence-electron chi connectivity index (χ2n) is 5.16. The van der Waals surface area contributed by atoms with Gasteiger partial charge >= 0.3 is 6.61 Å². The van der Waals surface area contributed by atoms with Gasteiger partial charge in [-0.1, -0.05) is 23.4 Å². The molecule has 0 aliphatic heterocycles. The second-order valence-corrected chi connectivity index (χ2v) is 5.16. The zero-order valence-electron chi connectivity index (χ0n) is 14.2. The molecule has 2 rings (SSSR count). The molecule has 0 aliphatic rings. The molecule has 0 spiro atoms. The lowest BCUT2D eigenvalue weighted by Crippen LogP contribution is -2.17. The molecule has 2 aromatic rings. The molecule has 0 aliphatic carbocycles. The SMILES string of the molecule is COc1cc(/C=N/OCC(=O)Nc2ccccc2C)ccc1OC(F)F. The maximum Gasteiger partial charge on any atom is 0.387 e. The van der Waals surface area contributed by atoms with Gasteiger partial charge in [-0.25, -0.2) is 0 Å². The highest BCUT2D eigenvalue weighted by atomic mass is 19.3. The van der Waals surface area contributed by atoms with Crippen molar-refractivity contribution in [3.8, 4) is 11.5 Å². The van der Waals surface area contributed by atoms with Gasteiger partial charge in [-0.05, 0) is 36.8 Å². The number of benzene rings is 2. The summed E-state index contributed by atoms with van der Waals surface area (Å²) >= 11 is 0. The van der Waals surface area contributed by atoms with Crippen molar-refractivity contribution in [2.24, 2.45) is 5.16 Å². The lowest BCUT2D eigenvalue weighted by molar-refractivity contribution is -0.120. The lowest BCUT2D eigenvalue weighted by Gasteiger charge is -2.10. The van der Waals surface area contributed by atoms with Crippen LogP contribution in [0, 0.1) is 6.92 Å². The highest BCUT2D eigenvalue weighted by Crippen LogP contribution is 2.28. The van der Waals surface area contributed by atoms with Crippen molar-refractivity contribution in [3.63, 3.8) is 0 Å². The maximum absolute atomic E-state index is 12.3. The minimum absolute atomic E-state index is 0.0850. The average Bonchev–Trinajstić information content (AvgIpc) is 2.61. The Morgan fingerprint density at radius 2 is 2.00 bits per heavy atom. The van der Waals surface area contributed by atoms with Crippen molar-refractivity contribution in [2.45, 2.75) is 13.5 Å². The van der Waals surface area contributed by atoms with Gasteiger partial charge in [0.05, 0.1) is 13.3 Å². The van der Waals surface area contributed by atoms with Gasteiger partial charge in [0.2, 0.25) is 0 Å². The first-order chi connectivity index (χ1) is 12.5. The van der Waals surface area contributed by atoms with Crippen molar-refractivity contribution < 1.29 is 27.9 Å². The fourth-order valence-electron chi connectivity index (χ4n) is 2.05. The smallest absolute Gasteiger partial charge is 0.387 e. The van der Waals surface area contributed by atoms with E-state index in [0.717, 1.165) is 5.56 Å². The minimum atomic E-state index is -2.95. The molecule has 0 saturated carbocycles. The molecule has 0 radical (unpaired) electrons. The Balaban J connectivity index is 1.88. The lowest BCUT2D eigenvalue weighted by atomic mass is 10.2. The topological polar surface area (TPSA) is 69.2 Å². The van der Waals surface area contributed by atoms with E-state index in [-0.39, 0.29) is 24.0 Å². The molecule has 26 heavy (non-hydrogen) atoms. The van der Waals surface area contributed by atoms with E-state index < -0.39 is 6.61 Å². The molecule has 0 saturated heterocycles. The van der Waals surface area contributed by atoms with Crippen LogP contribution in [0.4, 0.5) is 14.5 Å². The van der Waals surface area contributed by atoms with E-state index in [2.05, 4.69) is 15.2 Å². The molecule has 0 atom stereocenters. The fourth-order valence-corrected chi connectivity index (χ4v) is 2.05.